The second-order valence-corrected chi connectivity index (χ2v) is 9.98. The van der Waals surface area contributed by atoms with Crippen molar-refractivity contribution in [1.29, 1.82) is 0 Å². The Morgan fingerprint density at radius 1 is 0.929 bits per heavy atom. The SMILES string of the molecule is CC(C(CCc1ccccc1)c1ccc(-c2ccccc2)cc1F)N(CC(=O)O)C(=O)C1COC(C(=O)O)(C(=O)O)O1. The van der Waals surface area contributed by atoms with Gasteiger partial charge in [0.1, 0.15) is 12.4 Å². The van der Waals surface area contributed by atoms with Gasteiger partial charge in [-0.2, -0.15) is 0 Å². The average molecular weight is 580 g/mol. The summed E-state index contributed by atoms with van der Waals surface area (Å²) in [7, 11) is 0. The van der Waals surface area contributed by atoms with E-state index in [0.717, 1.165) is 16.0 Å². The highest BCUT2D eigenvalue weighted by Gasteiger charge is 2.58. The molecule has 1 fully saturated rings. The van der Waals surface area contributed by atoms with Crippen LogP contribution in [0.4, 0.5) is 4.39 Å². The zero-order valence-electron chi connectivity index (χ0n) is 22.7. The van der Waals surface area contributed by atoms with E-state index in [1.54, 1.807) is 19.1 Å². The number of halogens is 1. The van der Waals surface area contributed by atoms with Crippen molar-refractivity contribution in [2.75, 3.05) is 13.2 Å². The van der Waals surface area contributed by atoms with Crippen LogP contribution in [0.2, 0.25) is 0 Å². The molecule has 3 aromatic carbocycles. The maximum absolute atomic E-state index is 15.8. The van der Waals surface area contributed by atoms with Crippen LogP contribution in [0.5, 0.6) is 0 Å². The number of carbonyl (C=O) groups is 4. The summed E-state index contributed by atoms with van der Waals surface area (Å²) in [4.78, 5) is 49.6. The van der Waals surface area contributed by atoms with Crippen LogP contribution in [-0.2, 0) is 35.1 Å². The minimum Gasteiger partial charge on any atom is -0.480 e. The first kappa shape index (κ1) is 30.4. The Balaban J connectivity index is 1.69. The minimum absolute atomic E-state index is 0.260. The fourth-order valence-electron chi connectivity index (χ4n) is 5.13. The highest BCUT2D eigenvalue weighted by molar-refractivity contribution is 6.01. The van der Waals surface area contributed by atoms with Crippen LogP contribution >= 0.6 is 0 Å². The van der Waals surface area contributed by atoms with Crippen LogP contribution in [0.25, 0.3) is 11.1 Å². The van der Waals surface area contributed by atoms with Gasteiger partial charge in [0.15, 0.2) is 6.10 Å². The summed E-state index contributed by atoms with van der Waals surface area (Å²) in [6.07, 6.45) is -0.902. The molecule has 1 aliphatic heterocycles. The molecule has 0 aromatic heterocycles. The van der Waals surface area contributed by atoms with Crippen molar-refractivity contribution in [3.05, 3.63) is 95.8 Å². The van der Waals surface area contributed by atoms with Gasteiger partial charge in [-0.15, -0.1) is 0 Å². The molecule has 220 valence electrons. The molecular formula is C31H30FNO9. The summed E-state index contributed by atoms with van der Waals surface area (Å²) >= 11 is 0. The van der Waals surface area contributed by atoms with E-state index in [9.17, 15) is 34.5 Å². The molecule has 3 N–H and O–H groups in total. The summed E-state index contributed by atoms with van der Waals surface area (Å²) < 4.78 is 25.7. The largest absolute Gasteiger partial charge is 0.480 e. The number of nitrogens with zero attached hydrogens (tertiary/aromatic N) is 1. The zero-order chi connectivity index (χ0) is 30.4. The molecule has 0 aliphatic carbocycles. The summed E-state index contributed by atoms with van der Waals surface area (Å²) in [5.74, 6) is -10.7. The molecule has 1 aliphatic rings. The smallest absolute Gasteiger partial charge is 0.377 e. The van der Waals surface area contributed by atoms with Gasteiger partial charge in [0.05, 0.1) is 6.61 Å². The summed E-state index contributed by atoms with van der Waals surface area (Å²) in [6, 6.07) is 22.4. The first-order valence-electron chi connectivity index (χ1n) is 13.2. The fraction of sp³-hybridized carbons (Fsp3) is 0.290. The van der Waals surface area contributed by atoms with E-state index in [1.165, 1.54) is 6.07 Å². The summed E-state index contributed by atoms with van der Waals surface area (Å²) in [5.41, 5.74) is 2.65. The van der Waals surface area contributed by atoms with Gasteiger partial charge in [-0.3, -0.25) is 9.59 Å². The minimum atomic E-state index is -3.11. The first-order chi connectivity index (χ1) is 20.0. The van der Waals surface area contributed by atoms with Gasteiger partial charge >= 0.3 is 23.7 Å². The molecule has 3 aromatic rings. The quantitative estimate of drug-likeness (QED) is 0.272. The second kappa shape index (κ2) is 12.9. The van der Waals surface area contributed by atoms with Gasteiger partial charge in [0.25, 0.3) is 5.91 Å². The topological polar surface area (TPSA) is 151 Å². The van der Waals surface area contributed by atoms with E-state index >= 15 is 4.39 Å². The Labute approximate surface area is 240 Å². The molecule has 3 atom stereocenters. The molecule has 0 radical (unpaired) electrons. The number of hydrogen-bond acceptors (Lipinski definition) is 6. The lowest BCUT2D eigenvalue weighted by Crippen LogP contribution is -2.52. The number of ether oxygens (including phenoxy) is 2. The van der Waals surface area contributed by atoms with E-state index in [2.05, 4.69) is 0 Å². The standard InChI is InChI=1S/C31H30FNO9/c1-19(33(17-27(34)35)28(36)26-18-41-31(42-26,29(37)38)30(39)40)23(14-12-20-8-4-2-5-9-20)24-15-13-22(16-25(24)32)21-10-6-3-7-11-21/h2-11,13,15-16,19,23,26H,12,14,17-18H2,1H3,(H,34,35)(H,37,38)(H,39,40). The highest BCUT2D eigenvalue weighted by Crippen LogP contribution is 2.34. The molecule has 1 heterocycles. The van der Waals surface area contributed by atoms with Crippen molar-refractivity contribution in [2.24, 2.45) is 0 Å². The zero-order valence-corrected chi connectivity index (χ0v) is 22.7. The van der Waals surface area contributed by atoms with E-state index in [1.807, 2.05) is 60.7 Å². The fourth-order valence-corrected chi connectivity index (χ4v) is 5.13. The van der Waals surface area contributed by atoms with E-state index in [4.69, 9.17) is 9.47 Å². The van der Waals surface area contributed by atoms with Gasteiger partial charge in [0, 0.05) is 12.0 Å². The Morgan fingerprint density at radius 2 is 1.55 bits per heavy atom. The molecule has 0 saturated carbocycles. The monoisotopic (exact) mass is 579 g/mol. The van der Waals surface area contributed by atoms with Crippen molar-refractivity contribution < 1.29 is 48.4 Å². The Kier molecular flexibility index (Phi) is 9.34. The maximum atomic E-state index is 15.8. The number of carboxylic acids is 3. The number of benzene rings is 3. The van der Waals surface area contributed by atoms with E-state index in [-0.39, 0.29) is 5.56 Å². The van der Waals surface area contributed by atoms with Gasteiger partial charge < -0.3 is 29.7 Å². The number of rotatable bonds is 12. The summed E-state index contributed by atoms with van der Waals surface area (Å²) in [6.45, 7) is 0.0200. The van der Waals surface area contributed by atoms with Crippen LogP contribution in [0, 0.1) is 5.82 Å². The number of aryl methyl sites for hydroxylation is 1. The number of carbonyl (C=O) groups excluding carboxylic acids is 1. The van der Waals surface area contributed by atoms with Crippen molar-refractivity contribution in [2.45, 2.75) is 43.6 Å². The first-order valence-corrected chi connectivity index (χ1v) is 13.2. The number of aliphatic carboxylic acids is 3. The van der Waals surface area contributed by atoms with Crippen LogP contribution in [0.3, 0.4) is 0 Å². The lowest BCUT2D eigenvalue weighted by molar-refractivity contribution is -0.218. The molecular weight excluding hydrogens is 549 g/mol. The van der Waals surface area contributed by atoms with Crippen LogP contribution < -0.4 is 0 Å². The van der Waals surface area contributed by atoms with Crippen molar-refractivity contribution >= 4 is 23.8 Å². The van der Waals surface area contributed by atoms with Crippen molar-refractivity contribution in [3.8, 4) is 11.1 Å². The van der Waals surface area contributed by atoms with Gasteiger partial charge in [-0.05, 0) is 48.1 Å². The Hall–Kier alpha value is -4.61. The Bertz CT molecular complexity index is 1430. The van der Waals surface area contributed by atoms with Crippen molar-refractivity contribution in [1.82, 2.24) is 4.90 Å². The summed E-state index contributed by atoms with van der Waals surface area (Å²) in [5, 5.41) is 28.4. The van der Waals surface area contributed by atoms with Gasteiger partial charge in [-0.1, -0.05) is 72.8 Å². The third-order valence-electron chi connectivity index (χ3n) is 7.34. The molecule has 1 amide bonds. The molecule has 42 heavy (non-hydrogen) atoms. The Morgan fingerprint density at radius 3 is 2.10 bits per heavy atom. The molecule has 11 heteroatoms. The molecule has 4 rings (SSSR count). The average Bonchev–Trinajstić information content (AvgIpc) is 3.45. The normalized spacial score (nSPS) is 17.2. The van der Waals surface area contributed by atoms with Crippen LogP contribution in [0.1, 0.15) is 30.4 Å². The van der Waals surface area contributed by atoms with E-state index in [0.29, 0.717) is 18.4 Å². The lowest BCUT2D eigenvalue weighted by Gasteiger charge is -2.35. The third kappa shape index (κ3) is 6.48. The number of carboxylic acid groups (broad SMARTS) is 3. The highest BCUT2D eigenvalue weighted by atomic mass is 19.1. The lowest BCUT2D eigenvalue weighted by atomic mass is 9.84. The van der Waals surface area contributed by atoms with Crippen LogP contribution in [-0.4, -0.2) is 75.1 Å². The van der Waals surface area contributed by atoms with Crippen LogP contribution in [0.15, 0.2) is 78.9 Å². The third-order valence-corrected chi connectivity index (χ3v) is 7.34. The molecule has 10 nitrogen and oxygen atoms in total. The molecule has 0 bridgehead atoms. The number of amides is 1. The van der Waals surface area contributed by atoms with Gasteiger partial charge in [0.2, 0.25) is 0 Å². The number of hydrogen-bond donors (Lipinski definition) is 3. The maximum Gasteiger partial charge on any atom is 0.377 e. The molecule has 3 unspecified atom stereocenters. The van der Waals surface area contributed by atoms with Crippen molar-refractivity contribution in [3.63, 3.8) is 0 Å². The predicted molar refractivity (Wildman–Crippen MR) is 147 cm³/mol. The van der Waals surface area contributed by atoms with Gasteiger partial charge in [-0.25, -0.2) is 14.0 Å². The second-order valence-electron chi connectivity index (χ2n) is 9.98. The van der Waals surface area contributed by atoms with E-state index < -0.39 is 66.6 Å². The molecule has 0 spiro atoms. The molecule has 1 saturated heterocycles. The predicted octanol–water partition coefficient (Wildman–Crippen LogP) is 3.79.